The maximum absolute atomic E-state index is 14.8. The van der Waals surface area contributed by atoms with Crippen LogP contribution in [0.5, 0.6) is 11.5 Å². The van der Waals surface area contributed by atoms with E-state index in [0.717, 1.165) is 17.0 Å². The van der Waals surface area contributed by atoms with Crippen LogP contribution in [0, 0.1) is 11.6 Å². The molecule has 5 rings (SSSR count). The zero-order valence-corrected chi connectivity index (χ0v) is 22.4. The molecule has 41 heavy (non-hydrogen) atoms. The van der Waals surface area contributed by atoms with Crippen molar-refractivity contribution in [3.8, 4) is 17.2 Å². The molecular weight excluding hydrogens is 560 g/mol. The first-order valence-electron chi connectivity index (χ1n) is 11.7. The molecule has 0 bridgehead atoms. The Kier molecular flexibility index (Phi) is 8.16. The fourth-order valence-electron chi connectivity index (χ4n) is 3.73. The Balaban J connectivity index is 0.000000714. The first-order valence-corrected chi connectivity index (χ1v) is 13.5. The number of benzene rings is 3. The number of nitrogens with one attached hydrogen (secondary N) is 1. The normalized spacial score (nSPS) is 11.0. The van der Waals surface area contributed by atoms with Gasteiger partial charge in [0.25, 0.3) is 21.6 Å². The molecule has 3 aromatic carbocycles. The molecule has 2 heterocycles. The van der Waals surface area contributed by atoms with Crippen LogP contribution in [0.3, 0.4) is 0 Å². The molecule has 4 N–H and O–H groups in total. The number of nitrogen functional groups attached to an aromatic ring is 1. The van der Waals surface area contributed by atoms with Gasteiger partial charge in [-0.05, 0) is 60.7 Å². The predicted octanol–water partition coefficient (Wildman–Crippen LogP) is 4.13. The van der Waals surface area contributed by atoms with Gasteiger partial charge in [0.2, 0.25) is 0 Å². The molecule has 0 atom stereocenters. The van der Waals surface area contributed by atoms with Crippen molar-refractivity contribution in [2.24, 2.45) is 7.05 Å². The summed E-state index contributed by atoms with van der Waals surface area (Å²) in [7, 11) is -1.89. The number of nitrogens with zero attached hydrogens (tertiary/aromatic N) is 3. The maximum atomic E-state index is 14.8. The van der Waals surface area contributed by atoms with Crippen molar-refractivity contribution in [3.63, 3.8) is 0 Å². The summed E-state index contributed by atoms with van der Waals surface area (Å²) in [4.78, 5) is 25.6. The van der Waals surface area contributed by atoms with Crippen LogP contribution in [0.1, 0.15) is 10.4 Å². The van der Waals surface area contributed by atoms with Gasteiger partial charge in [0.05, 0.1) is 23.7 Å². The molecule has 2 aromatic heterocycles. The monoisotopic (exact) mass is 583 g/mol. The number of carbonyl (C=O) groups is 1. The number of anilines is 2. The summed E-state index contributed by atoms with van der Waals surface area (Å²) in [5.74, 6) is -1.75. The molecule has 1 amide bonds. The molecule has 5 aromatic rings. The van der Waals surface area contributed by atoms with E-state index in [4.69, 9.17) is 15.0 Å². The van der Waals surface area contributed by atoms with E-state index < -0.39 is 33.2 Å². The highest BCUT2D eigenvalue weighted by molar-refractivity contribution is 7.85. The zero-order chi connectivity index (χ0) is 29.9. The Bertz CT molecular complexity index is 1910. The number of rotatable bonds is 5. The van der Waals surface area contributed by atoms with Crippen LogP contribution in [-0.4, -0.2) is 39.5 Å². The van der Waals surface area contributed by atoms with Crippen molar-refractivity contribution < 1.29 is 31.3 Å². The van der Waals surface area contributed by atoms with Crippen molar-refractivity contribution in [2.45, 2.75) is 0 Å². The Morgan fingerprint density at radius 2 is 1.73 bits per heavy atom. The van der Waals surface area contributed by atoms with Gasteiger partial charge in [-0.3, -0.25) is 23.4 Å². The van der Waals surface area contributed by atoms with Crippen LogP contribution in [0.4, 0.5) is 20.2 Å². The number of hydrogen-bond acceptors (Lipinski definition) is 7. The molecule has 0 saturated carbocycles. The smallest absolute Gasteiger partial charge is 0.267 e. The number of aromatic nitrogens is 3. The molecule has 14 heteroatoms. The first-order chi connectivity index (χ1) is 19.3. The minimum atomic E-state index is -3.67. The third-order valence-corrected chi connectivity index (χ3v) is 5.58. The van der Waals surface area contributed by atoms with Gasteiger partial charge in [0.1, 0.15) is 11.4 Å². The topological polar surface area (TPSA) is 159 Å². The third kappa shape index (κ3) is 7.12. The molecule has 0 radical (unpaired) electrons. The largest absolute Gasteiger partial charge is 0.452 e. The van der Waals surface area contributed by atoms with Gasteiger partial charge in [-0.1, -0.05) is 0 Å². The average Bonchev–Trinajstić information content (AvgIpc) is 3.24. The van der Waals surface area contributed by atoms with Crippen molar-refractivity contribution >= 4 is 38.3 Å². The Morgan fingerprint density at radius 3 is 2.39 bits per heavy atom. The van der Waals surface area contributed by atoms with Gasteiger partial charge in [-0.2, -0.15) is 13.5 Å². The fourth-order valence-corrected chi connectivity index (χ4v) is 3.73. The minimum absolute atomic E-state index is 0.0960. The Labute approximate surface area is 232 Å². The van der Waals surface area contributed by atoms with Gasteiger partial charge in [-0.25, -0.2) is 8.78 Å². The van der Waals surface area contributed by atoms with Crippen molar-refractivity contribution in [1.29, 1.82) is 0 Å². The van der Waals surface area contributed by atoms with E-state index in [1.807, 2.05) is 0 Å². The molecule has 0 aliphatic carbocycles. The molecule has 212 valence electrons. The number of pyridine rings is 1. The lowest BCUT2D eigenvalue weighted by atomic mass is 10.2. The number of halogens is 2. The lowest BCUT2D eigenvalue weighted by molar-refractivity contribution is 0.102. The van der Waals surface area contributed by atoms with E-state index in [2.05, 4.69) is 10.4 Å². The molecule has 0 aliphatic rings. The molecule has 11 nitrogen and oxygen atoms in total. The first kappa shape index (κ1) is 28.9. The number of nitrogens with two attached hydrogens (primary N) is 1. The lowest BCUT2D eigenvalue weighted by Gasteiger charge is -2.12. The highest BCUT2D eigenvalue weighted by atomic mass is 32.2. The molecular formula is C27H23F2N5O6S. The highest BCUT2D eigenvalue weighted by Gasteiger charge is 2.16. The van der Waals surface area contributed by atoms with E-state index in [1.54, 1.807) is 30.1 Å². The highest BCUT2D eigenvalue weighted by Crippen LogP contribution is 2.33. The molecule has 0 saturated heterocycles. The number of ether oxygens (including phenoxy) is 1. The van der Waals surface area contributed by atoms with Crippen LogP contribution in [0.25, 0.3) is 16.6 Å². The quantitative estimate of drug-likeness (QED) is 0.206. The van der Waals surface area contributed by atoms with Crippen LogP contribution < -0.4 is 21.3 Å². The SMILES string of the molecule is CS(=O)(=O)O.Cn1ncc2cc(Oc3ccc(NC(=O)c4cccn(-c5ccc(F)cc5)c4=O)cc3F)c(N)cc21. The summed E-state index contributed by atoms with van der Waals surface area (Å²) >= 11 is 0. The van der Waals surface area contributed by atoms with Crippen molar-refractivity contribution in [2.75, 3.05) is 17.3 Å². The van der Waals surface area contributed by atoms with E-state index in [0.29, 0.717) is 17.6 Å². The van der Waals surface area contributed by atoms with Crippen LogP contribution in [0.15, 0.2) is 83.9 Å². The Morgan fingerprint density at radius 1 is 1.05 bits per heavy atom. The fraction of sp³-hybridized carbons (Fsp3) is 0.0741. The summed E-state index contributed by atoms with van der Waals surface area (Å²) in [6, 6.07) is 15.3. The number of amides is 1. The molecule has 0 aliphatic heterocycles. The van der Waals surface area contributed by atoms with E-state index in [1.165, 1.54) is 59.3 Å². The van der Waals surface area contributed by atoms with Gasteiger partial charge >= 0.3 is 0 Å². The molecule has 0 spiro atoms. The van der Waals surface area contributed by atoms with Gasteiger partial charge in [0, 0.05) is 36.1 Å². The molecule has 0 unspecified atom stereocenters. The number of fused-ring (bicyclic) bond motifs is 1. The standard InChI is InChI=1S/C26H19F2N5O3.CH4O3S/c1-32-22-13-21(29)24(11-15(22)14-30-32)36-23-9-6-17(12-20(23)28)31-25(34)19-3-2-10-33(26(19)35)18-7-4-16(27)5-8-18;1-5(2,3)4/h2-14H,29H2,1H3,(H,31,34);1H3,(H,2,3,4). The minimum Gasteiger partial charge on any atom is -0.452 e. The second-order valence-corrected chi connectivity index (χ2v) is 10.2. The summed E-state index contributed by atoms with van der Waals surface area (Å²) < 4.78 is 62.4. The predicted molar refractivity (Wildman–Crippen MR) is 149 cm³/mol. The van der Waals surface area contributed by atoms with E-state index in [-0.39, 0.29) is 22.7 Å². The second-order valence-electron chi connectivity index (χ2n) is 8.72. The van der Waals surface area contributed by atoms with Crippen molar-refractivity contribution in [1.82, 2.24) is 14.3 Å². The van der Waals surface area contributed by atoms with Crippen LogP contribution in [0.2, 0.25) is 0 Å². The summed E-state index contributed by atoms with van der Waals surface area (Å²) in [5, 5.41) is 7.44. The Hall–Kier alpha value is -5.08. The summed E-state index contributed by atoms with van der Waals surface area (Å²) in [6.45, 7) is 0. The zero-order valence-electron chi connectivity index (χ0n) is 21.6. The summed E-state index contributed by atoms with van der Waals surface area (Å²) in [6.07, 6.45) is 3.82. The third-order valence-electron chi connectivity index (χ3n) is 5.58. The lowest BCUT2D eigenvalue weighted by Crippen LogP contribution is -2.27. The van der Waals surface area contributed by atoms with E-state index in [9.17, 15) is 26.8 Å². The second kappa shape index (κ2) is 11.6. The number of hydrogen-bond donors (Lipinski definition) is 3. The maximum Gasteiger partial charge on any atom is 0.267 e. The average molecular weight is 584 g/mol. The van der Waals surface area contributed by atoms with Crippen LogP contribution in [-0.2, 0) is 17.2 Å². The van der Waals surface area contributed by atoms with Gasteiger partial charge < -0.3 is 15.8 Å². The van der Waals surface area contributed by atoms with E-state index >= 15 is 0 Å². The van der Waals surface area contributed by atoms with Crippen LogP contribution >= 0.6 is 0 Å². The summed E-state index contributed by atoms with van der Waals surface area (Å²) in [5.41, 5.74) is 6.91. The van der Waals surface area contributed by atoms with Gasteiger partial charge in [0.15, 0.2) is 17.3 Å². The van der Waals surface area contributed by atoms with Crippen molar-refractivity contribution in [3.05, 3.63) is 107 Å². The number of aryl methyl sites for hydroxylation is 1. The number of carbonyl (C=O) groups excluding carboxylic acids is 1. The van der Waals surface area contributed by atoms with Gasteiger partial charge in [-0.15, -0.1) is 0 Å². The molecule has 0 fully saturated rings.